The molecule has 1 aromatic carbocycles. The highest BCUT2D eigenvalue weighted by molar-refractivity contribution is 8.00. The van der Waals surface area contributed by atoms with E-state index in [0.29, 0.717) is 16.9 Å². The number of carboxylic acid groups (broad SMARTS) is 1. The topological polar surface area (TPSA) is 37.3 Å². The second-order valence-electron chi connectivity index (χ2n) is 4.46. The number of hydrogen-bond donors (Lipinski definition) is 1. The molecule has 1 atom stereocenters. The van der Waals surface area contributed by atoms with Crippen molar-refractivity contribution in [2.45, 2.75) is 49.1 Å². The largest absolute Gasteiger partial charge is 0.478 e. The van der Waals surface area contributed by atoms with Gasteiger partial charge in [0.15, 0.2) is 0 Å². The maximum Gasteiger partial charge on any atom is 0.349 e. The van der Waals surface area contributed by atoms with Crippen LogP contribution >= 0.6 is 23.4 Å². The lowest BCUT2D eigenvalue weighted by molar-refractivity contribution is 0.0692. The fraction of sp³-hybridized carbons (Fsp3) is 0.500. The third-order valence-corrected chi connectivity index (χ3v) is 4.69. The van der Waals surface area contributed by atoms with E-state index in [9.17, 15) is 18.7 Å². The number of halogens is 3. The van der Waals surface area contributed by atoms with E-state index >= 15 is 0 Å². The summed E-state index contributed by atoms with van der Waals surface area (Å²) in [6.45, 7) is 5.61. The van der Waals surface area contributed by atoms with Crippen molar-refractivity contribution in [1.82, 2.24) is 0 Å². The van der Waals surface area contributed by atoms with Crippen LogP contribution in [0.25, 0.3) is 0 Å². The molecule has 1 N–H and O–H groups in total. The summed E-state index contributed by atoms with van der Waals surface area (Å²) in [6.07, 6.45) is 1.15. The molecule has 20 heavy (non-hydrogen) atoms. The molecule has 0 bridgehead atoms. The van der Waals surface area contributed by atoms with Gasteiger partial charge >= 0.3 is 11.4 Å². The Morgan fingerprint density at radius 2 is 2.05 bits per heavy atom. The van der Waals surface area contributed by atoms with E-state index in [0.717, 1.165) is 12.5 Å². The van der Waals surface area contributed by atoms with E-state index in [1.54, 1.807) is 6.92 Å². The summed E-state index contributed by atoms with van der Waals surface area (Å²) in [4.78, 5) is 11.5. The Balaban J connectivity index is 3.51. The molecule has 6 heteroatoms. The van der Waals surface area contributed by atoms with Crippen molar-refractivity contribution in [2.24, 2.45) is 0 Å². The second-order valence-corrected chi connectivity index (χ2v) is 6.38. The van der Waals surface area contributed by atoms with Crippen molar-refractivity contribution >= 4 is 29.3 Å². The van der Waals surface area contributed by atoms with Crippen molar-refractivity contribution in [1.29, 1.82) is 0 Å². The molecule has 1 rings (SSSR count). The minimum Gasteiger partial charge on any atom is -0.478 e. The zero-order valence-electron chi connectivity index (χ0n) is 11.5. The lowest BCUT2D eigenvalue weighted by Gasteiger charge is -2.20. The van der Waals surface area contributed by atoms with Crippen molar-refractivity contribution in [3.63, 3.8) is 0 Å². The average molecular weight is 323 g/mol. The maximum atomic E-state index is 13.5. The first kappa shape index (κ1) is 17.2. The van der Waals surface area contributed by atoms with E-state index in [-0.39, 0.29) is 16.4 Å². The monoisotopic (exact) mass is 322 g/mol. The molecule has 0 heterocycles. The number of hydrogen-bond acceptors (Lipinski definition) is 2. The van der Waals surface area contributed by atoms with Crippen LogP contribution in [0.3, 0.4) is 0 Å². The van der Waals surface area contributed by atoms with Crippen LogP contribution < -0.4 is 0 Å². The van der Waals surface area contributed by atoms with Gasteiger partial charge in [-0.3, -0.25) is 0 Å². The second kappa shape index (κ2) is 6.76. The van der Waals surface area contributed by atoms with Gasteiger partial charge in [-0.2, -0.15) is 8.78 Å². The number of benzene rings is 1. The summed E-state index contributed by atoms with van der Waals surface area (Å²) in [5.41, 5.74) is 0.162. The van der Waals surface area contributed by atoms with Gasteiger partial charge in [-0.25, -0.2) is 4.79 Å². The quantitative estimate of drug-likeness (QED) is 0.583. The first-order chi connectivity index (χ1) is 9.22. The molecule has 0 aromatic heterocycles. The summed E-state index contributed by atoms with van der Waals surface area (Å²) >= 11 is 6.41. The van der Waals surface area contributed by atoms with E-state index < -0.39 is 11.4 Å². The Morgan fingerprint density at radius 3 is 2.45 bits per heavy atom. The van der Waals surface area contributed by atoms with Crippen LogP contribution in [-0.2, 0) is 11.8 Å². The zero-order chi connectivity index (χ0) is 15.5. The first-order valence-electron chi connectivity index (χ1n) is 6.35. The maximum absolute atomic E-state index is 13.5. The molecule has 0 radical (unpaired) electrons. The smallest absolute Gasteiger partial charge is 0.349 e. The van der Waals surface area contributed by atoms with Gasteiger partial charge in [0, 0.05) is 10.1 Å². The number of alkyl halides is 3. The molecule has 0 aliphatic carbocycles. The van der Waals surface area contributed by atoms with E-state index in [1.165, 1.54) is 17.8 Å². The minimum atomic E-state index is -3.50. The normalized spacial score (nSPS) is 13.3. The van der Waals surface area contributed by atoms with E-state index in [4.69, 9.17) is 11.6 Å². The molecule has 0 spiro atoms. The highest BCUT2D eigenvalue weighted by Crippen LogP contribution is 2.43. The molecule has 0 saturated carbocycles. The molecule has 0 aliphatic rings. The SMILES string of the molecule is CCc1c(C(=O)O)ccc(C(F)(F)Cl)c1S[C@@H](C)CC. The highest BCUT2D eigenvalue weighted by Gasteiger charge is 2.33. The summed E-state index contributed by atoms with van der Waals surface area (Å²) in [5.74, 6) is -1.11. The van der Waals surface area contributed by atoms with Gasteiger partial charge in [-0.15, -0.1) is 11.8 Å². The van der Waals surface area contributed by atoms with Gasteiger partial charge in [0.2, 0.25) is 0 Å². The molecule has 0 saturated heterocycles. The molecule has 0 aliphatic heterocycles. The van der Waals surface area contributed by atoms with Gasteiger partial charge in [-0.05, 0) is 42.1 Å². The van der Waals surface area contributed by atoms with Gasteiger partial charge in [0.1, 0.15) is 0 Å². The van der Waals surface area contributed by atoms with Crippen molar-refractivity contribution in [3.8, 4) is 0 Å². The number of rotatable bonds is 6. The Labute approximate surface area is 126 Å². The summed E-state index contributed by atoms with van der Waals surface area (Å²) < 4.78 is 27.0. The summed E-state index contributed by atoms with van der Waals surface area (Å²) in [6, 6.07) is 2.31. The van der Waals surface area contributed by atoms with Crippen molar-refractivity contribution in [3.05, 3.63) is 28.8 Å². The van der Waals surface area contributed by atoms with Gasteiger partial charge in [-0.1, -0.05) is 20.8 Å². The molecule has 1 aromatic rings. The van der Waals surface area contributed by atoms with Gasteiger partial charge < -0.3 is 5.11 Å². The Bertz CT molecular complexity index is 501. The van der Waals surface area contributed by atoms with Crippen LogP contribution in [0.4, 0.5) is 8.78 Å². The number of carboxylic acids is 1. The summed E-state index contributed by atoms with van der Waals surface area (Å²) in [5, 5.41) is 5.77. The van der Waals surface area contributed by atoms with Crippen LogP contribution in [0, 0.1) is 0 Å². The van der Waals surface area contributed by atoms with Crippen LogP contribution in [0.1, 0.15) is 48.7 Å². The predicted molar refractivity (Wildman–Crippen MR) is 78.1 cm³/mol. The van der Waals surface area contributed by atoms with Gasteiger partial charge in [0.05, 0.1) is 11.1 Å². The fourth-order valence-electron chi connectivity index (χ4n) is 1.82. The van der Waals surface area contributed by atoms with Crippen LogP contribution in [0.2, 0.25) is 0 Å². The summed E-state index contributed by atoms with van der Waals surface area (Å²) in [7, 11) is 0. The lowest BCUT2D eigenvalue weighted by atomic mass is 10.0. The van der Waals surface area contributed by atoms with Crippen LogP contribution in [-0.4, -0.2) is 16.3 Å². The third kappa shape index (κ3) is 3.85. The molecule has 0 amide bonds. The van der Waals surface area contributed by atoms with Gasteiger partial charge in [0.25, 0.3) is 0 Å². The number of aromatic carboxylic acids is 1. The minimum absolute atomic E-state index is 0.0583. The number of carbonyl (C=O) groups is 1. The Morgan fingerprint density at radius 1 is 1.45 bits per heavy atom. The third-order valence-electron chi connectivity index (χ3n) is 3.04. The molecular formula is C14H17ClF2O2S. The standard InChI is InChI=1S/C14H17ClF2O2S/c1-4-8(3)20-12-9(5-2)10(13(18)19)6-7-11(12)14(15,16)17/h6-8H,4-5H2,1-3H3,(H,18,19)/t8-/m0/s1. The molecule has 0 fully saturated rings. The molecule has 2 nitrogen and oxygen atoms in total. The Kier molecular flexibility index (Phi) is 5.83. The molecular weight excluding hydrogens is 306 g/mol. The molecule has 0 unspecified atom stereocenters. The van der Waals surface area contributed by atoms with Crippen molar-refractivity contribution < 1.29 is 18.7 Å². The van der Waals surface area contributed by atoms with Crippen LogP contribution in [0.15, 0.2) is 17.0 Å². The number of thioether (sulfide) groups is 1. The van der Waals surface area contributed by atoms with Crippen molar-refractivity contribution in [2.75, 3.05) is 0 Å². The lowest BCUT2D eigenvalue weighted by Crippen LogP contribution is -2.12. The zero-order valence-corrected chi connectivity index (χ0v) is 13.1. The molecule has 112 valence electrons. The first-order valence-corrected chi connectivity index (χ1v) is 7.61. The predicted octanol–water partition coefficient (Wildman–Crippen LogP) is 5.13. The highest BCUT2D eigenvalue weighted by atomic mass is 35.5. The van der Waals surface area contributed by atoms with E-state index in [1.807, 2.05) is 13.8 Å². The van der Waals surface area contributed by atoms with Crippen LogP contribution in [0.5, 0.6) is 0 Å². The fourth-order valence-corrected chi connectivity index (χ4v) is 3.32. The average Bonchev–Trinajstić information content (AvgIpc) is 2.36. The Hall–Kier alpha value is -0.810. The van der Waals surface area contributed by atoms with E-state index in [2.05, 4.69) is 0 Å².